The van der Waals surface area contributed by atoms with Crippen molar-refractivity contribution >= 4 is 23.1 Å². The summed E-state index contributed by atoms with van der Waals surface area (Å²) in [4.78, 5) is 26.3. The van der Waals surface area contributed by atoms with Crippen LogP contribution in [0, 0.1) is 0 Å². The molecular formula is C17H17N2O2. The second kappa shape index (κ2) is 5.95. The topological polar surface area (TPSA) is 40.6 Å². The second-order valence-corrected chi connectivity index (χ2v) is 5.32. The summed E-state index contributed by atoms with van der Waals surface area (Å²) in [6, 6.07) is 14.3. The summed E-state index contributed by atoms with van der Waals surface area (Å²) in [6.45, 7) is 2.35. The van der Waals surface area contributed by atoms with Gasteiger partial charge in [-0.15, -0.1) is 0 Å². The van der Waals surface area contributed by atoms with Gasteiger partial charge in [0.05, 0.1) is 6.42 Å². The Hall–Kier alpha value is -2.36. The number of hydrogen-bond acceptors (Lipinski definition) is 2. The lowest BCUT2D eigenvalue weighted by atomic mass is 10.0. The fourth-order valence-corrected chi connectivity index (χ4v) is 2.68. The maximum absolute atomic E-state index is 12.3. The number of benzene rings is 2. The van der Waals surface area contributed by atoms with Crippen LogP contribution in [0.1, 0.15) is 5.56 Å². The van der Waals surface area contributed by atoms with E-state index in [1.54, 1.807) is 4.90 Å². The van der Waals surface area contributed by atoms with Crippen LogP contribution in [0.15, 0.2) is 42.5 Å². The molecule has 1 aliphatic heterocycles. The Morgan fingerprint density at radius 1 is 1.00 bits per heavy atom. The smallest absolute Gasteiger partial charge is 0.312 e. The van der Waals surface area contributed by atoms with Crippen molar-refractivity contribution in [2.24, 2.45) is 0 Å². The van der Waals surface area contributed by atoms with Gasteiger partial charge in [-0.25, -0.2) is 0 Å². The van der Waals surface area contributed by atoms with Gasteiger partial charge in [-0.3, -0.25) is 9.59 Å². The first kappa shape index (κ1) is 13.6. The van der Waals surface area contributed by atoms with Gasteiger partial charge in [-0.05, 0) is 16.3 Å². The van der Waals surface area contributed by atoms with Crippen molar-refractivity contribution in [2.75, 3.05) is 26.2 Å². The van der Waals surface area contributed by atoms with Crippen molar-refractivity contribution in [1.82, 2.24) is 9.80 Å². The van der Waals surface area contributed by atoms with E-state index in [0.717, 1.165) is 10.9 Å². The van der Waals surface area contributed by atoms with E-state index >= 15 is 0 Å². The SMILES string of the molecule is O=[C]N1CCN(C(=O)Cc2ccc3ccccc3c2)CC1. The normalized spacial score (nSPS) is 15.2. The maximum Gasteiger partial charge on any atom is 0.312 e. The standard InChI is InChI=1S/C17H17N2O2/c20-13-18-7-9-19(10-8-18)17(21)12-14-5-6-15-3-1-2-4-16(15)11-14/h1-6,11H,7-10,12H2. The number of carbonyl (C=O) groups is 1. The van der Waals surface area contributed by atoms with Crippen LogP contribution in [-0.2, 0) is 16.0 Å². The number of amides is 2. The zero-order valence-electron chi connectivity index (χ0n) is 11.8. The van der Waals surface area contributed by atoms with Gasteiger partial charge in [0, 0.05) is 26.2 Å². The minimum Gasteiger partial charge on any atom is -0.339 e. The lowest BCUT2D eigenvalue weighted by Gasteiger charge is -2.32. The summed E-state index contributed by atoms with van der Waals surface area (Å²) in [5, 5.41) is 2.34. The lowest BCUT2D eigenvalue weighted by Crippen LogP contribution is -2.48. The monoisotopic (exact) mass is 281 g/mol. The van der Waals surface area contributed by atoms with Gasteiger partial charge in [-0.1, -0.05) is 42.5 Å². The molecule has 21 heavy (non-hydrogen) atoms. The van der Waals surface area contributed by atoms with Crippen molar-refractivity contribution in [3.05, 3.63) is 48.0 Å². The van der Waals surface area contributed by atoms with E-state index in [-0.39, 0.29) is 5.91 Å². The fourth-order valence-electron chi connectivity index (χ4n) is 2.68. The van der Waals surface area contributed by atoms with Gasteiger partial charge in [0.1, 0.15) is 0 Å². The molecule has 4 heteroatoms. The molecule has 1 heterocycles. The molecule has 2 amide bonds. The molecule has 2 aromatic rings. The molecule has 1 saturated heterocycles. The molecule has 3 rings (SSSR count). The number of carbonyl (C=O) groups excluding carboxylic acids is 2. The highest BCUT2D eigenvalue weighted by Crippen LogP contribution is 2.16. The molecule has 1 fully saturated rings. The summed E-state index contributed by atoms with van der Waals surface area (Å²) < 4.78 is 0. The van der Waals surface area contributed by atoms with E-state index in [1.165, 1.54) is 5.39 Å². The van der Waals surface area contributed by atoms with Crippen LogP contribution in [0.2, 0.25) is 0 Å². The van der Waals surface area contributed by atoms with Gasteiger partial charge >= 0.3 is 6.41 Å². The molecule has 1 aliphatic rings. The Morgan fingerprint density at radius 2 is 1.71 bits per heavy atom. The Labute approximate surface area is 124 Å². The molecule has 0 aromatic heterocycles. The maximum atomic E-state index is 12.3. The predicted molar refractivity (Wildman–Crippen MR) is 81.5 cm³/mol. The van der Waals surface area contributed by atoms with E-state index < -0.39 is 0 Å². The van der Waals surface area contributed by atoms with Gasteiger partial charge in [0.15, 0.2) is 0 Å². The van der Waals surface area contributed by atoms with Crippen LogP contribution in [0.25, 0.3) is 10.8 Å². The van der Waals surface area contributed by atoms with Crippen molar-refractivity contribution in [3.8, 4) is 0 Å². The van der Waals surface area contributed by atoms with E-state index in [2.05, 4.69) is 24.3 Å². The summed E-state index contributed by atoms with van der Waals surface area (Å²) in [6.07, 6.45) is 2.29. The Bertz CT molecular complexity index is 661. The minimum absolute atomic E-state index is 0.121. The van der Waals surface area contributed by atoms with Crippen LogP contribution < -0.4 is 0 Å². The first-order valence-electron chi connectivity index (χ1n) is 7.14. The average molecular weight is 281 g/mol. The predicted octanol–water partition coefficient (Wildman–Crippen LogP) is 1.59. The largest absolute Gasteiger partial charge is 0.339 e. The van der Waals surface area contributed by atoms with Crippen LogP contribution in [0.3, 0.4) is 0 Å². The molecule has 0 aliphatic carbocycles. The van der Waals surface area contributed by atoms with Crippen molar-refractivity contribution < 1.29 is 9.59 Å². The Kier molecular flexibility index (Phi) is 3.86. The van der Waals surface area contributed by atoms with Gasteiger partial charge in [-0.2, -0.15) is 0 Å². The second-order valence-electron chi connectivity index (χ2n) is 5.32. The third-order valence-corrected chi connectivity index (χ3v) is 3.93. The van der Waals surface area contributed by atoms with E-state index in [4.69, 9.17) is 0 Å². The zero-order chi connectivity index (χ0) is 14.7. The molecule has 0 spiro atoms. The highest BCUT2D eigenvalue weighted by molar-refractivity contribution is 5.85. The molecular weight excluding hydrogens is 264 g/mol. The van der Waals surface area contributed by atoms with Gasteiger partial charge < -0.3 is 9.80 Å². The Morgan fingerprint density at radius 3 is 2.43 bits per heavy atom. The van der Waals surface area contributed by atoms with Crippen molar-refractivity contribution in [2.45, 2.75) is 6.42 Å². The third-order valence-electron chi connectivity index (χ3n) is 3.93. The third kappa shape index (κ3) is 3.05. The molecule has 1 radical (unpaired) electrons. The first-order valence-corrected chi connectivity index (χ1v) is 7.14. The molecule has 0 atom stereocenters. The quantitative estimate of drug-likeness (QED) is 0.857. The lowest BCUT2D eigenvalue weighted by molar-refractivity contribution is -0.131. The number of nitrogens with zero attached hydrogens (tertiary/aromatic N) is 2. The summed E-state index contributed by atoms with van der Waals surface area (Å²) in [7, 11) is 0. The molecule has 2 aromatic carbocycles. The fraction of sp³-hybridized carbons (Fsp3) is 0.294. The first-order chi connectivity index (χ1) is 10.3. The van der Waals surface area contributed by atoms with E-state index in [1.807, 2.05) is 29.5 Å². The number of piperazine rings is 1. The highest BCUT2D eigenvalue weighted by Gasteiger charge is 2.20. The molecule has 107 valence electrons. The minimum atomic E-state index is 0.121. The number of hydrogen-bond donors (Lipinski definition) is 0. The Balaban J connectivity index is 1.67. The molecule has 0 N–H and O–H groups in total. The van der Waals surface area contributed by atoms with Gasteiger partial charge in [0.25, 0.3) is 0 Å². The summed E-state index contributed by atoms with van der Waals surface area (Å²) in [5.41, 5.74) is 1.03. The van der Waals surface area contributed by atoms with Crippen molar-refractivity contribution in [1.29, 1.82) is 0 Å². The van der Waals surface area contributed by atoms with Crippen LogP contribution >= 0.6 is 0 Å². The van der Waals surface area contributed by atoms with Crippen LogP contribution in [-0.4, -0.2) is 48.3 Å². The zero-order valence-corrected chi connectivity index (χ0v) is 11.8. The van der Waals surface area contributed by atoms with E-state index in [9.17, 15) is 9.59 Å². The van der Waals surface area contributed by atoms with Crippen molar-refractivity contribution in [3.63, 3.8) is 0 Å². The average Bonchev–Trinajstić information content (AvgIpc) is 2.55. The molecule has 4 nitrogen and oxygen atoms in total. The highest BCUT2D eigenvalue weighted by atomic mass is 16.2. The van der Waals surface area contributed by atoms with Crippen LogP contribution in [0.5, 0.6) is 0 Å². The van der Waals surface area contributed by atoms with Gasteiger partial charge in [0.2, 0.25) is 5.91 Å². The molecule has 0 saturated carbocycles. The molecule has 0 bridgehead atoms. The summed E-state index contributed by atoms with van der Waals surface area (Å²) >= 11 is 0. The summed E-state index contributed by atoms with van der Waals surface area (Å²) in [5.74, 6) is 0.121. The number of rotatable bonds is 3. The van der Waals surface area contributed by atoms with Crippen LogP contribution in [0.4, 0.5) is 0 Å². The molecule has 0 unspecified atom stereocenters. The number of fused-ring (bicyclic) bond motifs is 1. The van der Waals surface area contributed by atoms with E-state index in [0.29, 0.717) is 32.6 Å².